The highest BCUT2D eigenvalue weighted by atomic mass is 19.3. The minimum atomic E-state index is -3.01. The summed E-state index contributed by atoms with van der Waals surface area (Å²) in [7, 11) is 0. The third-order valence-corrected chi connectivity index (χ3v) is 4.11. The molecular weight excluding hydrogens is 366 g/mol. The summed E-state index contributed by atoms with van der Waals surface area (Å²) in [6.45, 7) is 4.72. The van der Waals surface area contributed by atoms with Gasteiger partial charge >= 0.3 is 6.61 Å². The van der Waals surface area contributed by atoms with Gasteiger partial charge in [0.2, 0.25) is 5.91 Å². The van der Waals surface area contributed by atoms with Crippen LogP contribution in [0.5, 0.6) is 5.75 Å². The average molecular weight is 390 g/mol. The highest BCUT2D eigenvalue weighted by Crippen LogP contribution is 2.25. The Balaban J connectivity index is 2.01. The van der Waals surface area contributed by atoms with Crippen molar-refractivity contribution in [1.82, 2.24) is 5.32 Å². The second-order valence-corrected chi connectivity index (χ2v) is 7.39. The zero-order chi connectivity index (χ0) is 20.9. The summed E-state index contributed by atoms with van der Waals surface area (Å²) in [4.78, 5) is 24.7. The number of anilines is 1. The van der Waals surface area contributed by atoms with Crippen LogP contribution in [0.4, 0.5) is 14.5 Å². The Hall–Kier alpha value is -2.96. The molecule has 7 heteroatoms. The lowest BCUT2D eigenvalue weighted by Crippen LogP contribution is -2.41. The SMILES string of the molecule is CC(NC(=O)c1ccc(C(C)(C)C)cc1)C(=O)Nc1ccccc1OC(F)F. The Morgan fingerprint density at radius 1 is 1.00 bits per heavy atom. The Bertz CT molecular complexity index is 830. The van der Waals surface area contributed by atoms with Gasteiger partial charge in [-0.05, 0) is 42.2 Å². The van der Waals surface area contributed by atoms with Crippen molar-refractivity contribution in [3.05, 3.63) is 59.7 Å². The van der Waals surface area contributed by atoms with E-state index in [1.807, 2.05) is 12.1 Å². The summed E-state index contributed by atoms with van der Waals surface area (Å²) in [6.07, 6.45) is 0. The first-order valence-corrected chi connectivity index (χ1v) is 8.84. The second kappa shape index (κ2) is 8.82. The molecule has 2 aromatic carbocycles. The van der Waals surface area contributed by atoms with Gasteiger partial charge in [-0.2, -0.15) is 8.78 Å². The normalized spacial score (nSPS) is 12.4. The summed E-state index contributed by atoms with van der Waals surface area (Å²) in [5.74, 6) is -1.10. The molecule has 0 saturated heterocycles. The van der Waals surface area contributed by atoms with Crippen molar-refractivity contribution in [2.75, 3.05) is 5.32 Å². The monoisotopic (exact) mass is 390 g/mol. The van der Waals surface area contributed by atoms with Crippen LogP contribution in [0.25, 0.3) is 0 Å². The maximum Gasteiger partial charge on any atom is 0.387 e. The lowest BCUT2D eigenvalue weighted by Gasteiger charge is -2.19. The molecule has 2 amide bonds. The van der Waals surface area contributed by atoms with Crippen LogP contribution in [0.1, 0.15) is 43.6 Å². The number of halogens is 2. The van der Waals surface area contributed by atoms with E-state index in [-0.39, 0.29) is 16.9 Å². The van der Waals surface area contributed by atoms with E-state index in [0.717, 1.165) is 5.56 Å². The van der Waals surface area contributed by atoms with E-state index in [2.05, 4.69) is 36.1 Å². The molecule has 0 saturated carbocycles. The van der Waals surface area contributed by atoms with Crippen molar-refractivity contribution in [3.8, 4) is 5.75 Å². The van der Waals surface area contributed by atoms with Crippen molar-refractivity contribution in [3.63, 3.8) is 0 Å². The first-order valence-electron chi connectivity index (χ1n) is 8.84. The molecule has 0 aliphatic carbocycles. The third kappa shape index (κ3) is 5.77. The molecule has 2 N–H and O–H groups in total. The van der Waals surface area contributed by atoms with E-state index in [0.29, 0.717) is 5.56 Å². The zero-order valence-corrected chi connectivity index (χ0v) is 16.3. The van der Waals surface area contributed by atoms with Gasteiger partial charge in [-0.1, -0.05) is 45.0 Å². The third-order valence-electron chi connectivity index (χ3n) is 4.11. The molecule has 0 spiro atoms. The van der Waals surface area contributed by atoms with Crippen LogP contribution in [0, 0.1) is 0 Å². The minimum Gasteiger partial charge on any atom is -0.433 e. The highest BCUT2D eigenvalue weighted by Gasteiger charge is 2.20. The molecule has 28 heavy (non-hydrogen) atoms. The van der Waals surface area contributed by atoms with Crippen LogP contribution in [0.3, 0.4) is 0 Å². The smallest absolute Gasteiger partial charge is 0.387 e. The van der Waals surface area contributed by atoms with Crippen molar-refractivity contribution in [1.29, 1.82) is 0 Å². The Labute approximate surface area is 163 Å². The first kappa shape index (κ1) is 21.3. The Morgan fingerprint density at radius 3 is 2.18 bits per heavy atom. The number of ether oxygens (including phenoxy) is 1. The van der Waals surface area contributed by atoms with Crippen LogP contribution in [-0.2, 0) is 10.2 Å². The Kier molecular flexibility index (Phi) is 6.72. The van der Waals surface area contributed by atoms with E-state index in [1.54, 1.807) is 18.2 Å². The number of amides is 2. The van der Waals surface area contributed by atoms with Crippen molar-refractivity contribution in [2.24, 2.45) is 0 Å². The molecule has 1 unspecified atom stereocenters. The van der Waals surface area contributed by atoms with Crippen LogP contribution in [0.15, 0.2) is 48.5 Å². The molecule has 2 rings (SSSR count). The summed E-state index contributed by atoms with van der Waals surface area (Å²) in [6, 6.07) is 12.1. The number of hydrogen-bond donors (Lipinski definition) is 2. The molecule has 0 fully saturated rings. The molecule has 0 aromatic heterocycles. The van der Waals surface area contributed by atoms with Gasteiger partial charge in [0, 0.05) is 5.56 Å². The fourth-order valence-corrected chi connectivity index (χ4v) is 2.48. The maximum absolute atomic E-state index is 12.5. The average Bonchev–Trinajstić information content (AvgIpc) is 2.62. The van der Waals surface area contributed by atoms with Gasteiger partial charge in [0.1, 0.15) is 11.8 Å². The molecule has 0 bridgehead atoms. The number of benzene rings is 2. The van der Waals surface area contributed by atoms with Gasteiger partial charge in [0.05, 0.1) is 5.69 Å². The molecule has 2 aromatic rings. The van der Waals surface area contributed by atoms with E-state index < -0.39 is 24.5 Å². The summed E-state index contributed by atoms with van der Waals surface area (Å²) < 4.78 is 29.3. The molecule has 1 atom stereocenters. The number of carbonyl (C=O) groups is 2. The highest BCUT2D eigenvalue weighted by molar-refractivity contribution is 6.01. The summed E-state index contributed by atoms with van der Waals surface area (Å²) in [5.41, 5.74) is 1.58. The predicted octanol–water partition coefficient (Wildman–Crippen LogP) is 4.34. The first-order chi connectivity index (χ1) is 13.1. The number of rotatable bonds is 6. The molecular formula is C21H24F2N2O3. The fourth-order valence-electron chi connectivity index (χ4n) is 2.48. The van der Waals surface area contributed by atoms with Crippen LogP contribution in [0.2, 0.25) is 0 Å². The minimum absolute atomic E-state index is 0.0319. The van der Waals surface area contributed by atoms with Crippen LogP contribution in [-0.4, -0.2) is 24.5 Å². The number of hydrogen-bond acceptors (Lipinski definition) is 3. The van der Waals surface area contributed by atoms with E-state index in [1.165, 1.54) is 25.1 Å². The fraction of sp³-hybridized carbons (Fsp3) is 0.333. The predicted molar refractivity (Wildman–Crippen MR) is 104 cm³/mol. The van der Waals surface area contributed by atoms with E-state index in [4.69, 9.17) is 0 Å². The van der Waals surface area contributed by atoms with Gasteiger partial charge < -0.3 is 15.4 Å². The van der Waals surface area contributed by atoms with Gasteiger partial charge in [0.15, 0.2) is 0 Å². The number of para-hydroxylation sites is 2. The molecule has 0 aliphatic heterocycles. The number of alkyl halides is 2. The Morgan fingerprint density at radius 2 is 1.61 bits per heavy atom. The van der Waals surface area contributed by atoms with E-state index >= 15 is 0 Å². The molecule has 0 aliphatic rings. The molecule has 0 heterocycles. The lowest BCUT2D eigenvalue weighted by atomic mass is 9.86. The molecule has 150 valence electrons. The van der Waals surface area contributed by atoms with Gasteiger partial charge in [-0.15, -0.1) is 0 Å². The van der Waals surface area contributed by atoms with Crippen molar-refractivity contribution < 1.29 is 23.1 Å². The number of carbonyl (C=O) groups excluding carboxylic acids is 2. The summed E-state index contributed by atoms with van der Waals surface area (Å²) in [5, 5.41) is 5.08. The van der Waals surface area contributed by atoms with Gasteiger partial charge in [-0.3, -0.25) is 9.59 Å². The topological polar surface area (TPSA) is 67.4 Å². The quantitative estimate of drug-likeness (QED) is 0.771. The largest absolute Gasteiger partial charge is 0.433 e. The molecule has 5 nitrogen and oxygen atoms in total. The van der Waals surface area contributed by atoms with Crippen molar-refractivity contribution >= 4 is 17.5 Å². The van der Waals surface area contributed by atoms with Crippen LogP contribution < -0.4 is 15.4 Å². The second-order valence-electron chi connectivity index (χ2n) is 7.39. The zero-order valence-electron chi connectivity index (χ0n) is 16.3. The standard InChI is InChI=1S/C21H24F2N2O3/c1-13(18(26)25-16-7-5-6-8-17(16)28-20(22)23)24-19(27)14-9-11-15(12-10-14)21(2,3)4/h5-13,20H,1-4H3,(H,24,27)(H,25,26). The van der Waals surface area contributed by atoms with E-state index in [9.17, 15) is 18.4 Å². The lowest BCUT2D eigenvalue weighted by molar-refractivity contribution is -0.117. The number of nitrogens with one attached hydrogen (secondary N) is 2. The van der Waals surface area contributed by atoms with Gasteiger partial charge in [0.25, 0.3) is 5.91 Å². The van der Waals surface area contributed by atoms with Crippen molar-refractivity contribution in [2.45, 2.75) is 45.8 Å². The summed E-state index contributed by atoms with van der Waals surface area (Å²) >= 11 is 0. The van der Waals surface area contributed by atoms with Gasteiger partial charge in [-0.25, -0.2) is 0 Å². The molecule has 0 radical (unpaired) electrons. The van der Waals surface area contributed by atoms with Crippen LogP contribution >= 0.6 is 0 Å². The maximum atomic E-state index is 12.5.